The molecule has 0 amide bonds. The SMILES string of the molecule is COc1cccc([C@H](C)NCc2c(Cl)ccc(Cl)c2Cl)c1. The highest BCUT2D eigenvalue weighted by molar-refractivity contribution is 6.44. The Morgan fingerprint density at radius 2 is 1.81 bits per heavy atom. The maximum Gasteiger partial charge on any atom is 0.119 e. The molecule has 0 unspecified atom stereocenters. The van der Waals surface area contributed by atoms with Gasteiger partial charge in [-0.05, 0) is 36.8 Å². The molecule has 0 saturated carbocycles. The topological polar surface area (TPSA) is 21.3 Å². The van der Waals surface area contributed by atoms with Crippen molar-refractivity contribution in [2.45, 2.75) is 19.5 Å². The second-order valence-corrected chi connectivity index (χ2v) is 5.89. The van der Waals surface area contributed by atoms with Crippen molar-refractivity contribution in [2.75, 3.05) is 7.11 Å². The summed E-state index contributed by atoms with van der Waals surface area (Å²) in [5.41, 5.74) is 1.93. The van der Waals surface area contributed by atoms with Gasteiger partial charge in [0.15, 0.2) is 0 Å². The standard InChI is InChI=1S/C16H16Cl3NO/c1-10(11-4-3-5-12(8-11)21-2)20-9-13-14(17)6-7-15(18)16(13)19/h3-8,10,20H,9H2,1-2H3/t10-/m0/s1. The third-order valence-corrected chi connectivity index (χ3v) is 4.52. The van der Waals surface area contributed by atoms with Gasteiger partial charge in [-0.3, -0.25) is 0 Å². The first kappa shape index (κ1) is 16.4. The van der Waals surface area contributed by atoms with Crippen molar-refractivity contribution in [1.29, 1.82) is 0 Å². The molecular weight excluding hydrogens is 329 g/mol. The normalized spacial score (nSPS) is 12.2. The van der Waals surface area contributed by atoms with Crippen molar-refractivity contribution >= 4 is 34.8 Å². The van der Waals surface area contributed by atoms with Gasteiger partial charge in [0.2, 0.25) is 0 Å². The molecule has 112 valence electrons. The number of halogens is 3. The molecule has 0 spiro atoms. The van der Waals surface area contributed by atoms with Gasteiger partial charge in [0, 0.05) is 23.2 Å². The molecule has 0 aliphatic carbocycles. The van der Waals surface area contributed by atoms with Crippen LogP contribution in [0.5, 0.6) is 5.75 Å². The summed E-state index contributed by atoms with van der Waals surface area (Å²) in [7, 11) is 1.66. The van der Waals surface area contributed by atoms with Gasteiger partial charge < -0.3 is 10.1 Å². The number of hydrogen-bond donors (Lipinski definition) is 1. The third kappa shape index (κ3) is 4.04. The Morgan fingerprint density at radius 3 is 2.52 bits per heavy atom. The quantitative estimate of drug-likeness (QED) is 0.722. The highest BCUT2D eigenvalue weighted by Crippen LogP contribution is 2.31. The smallest absolute Gasteiger partial charge is 0.119 e. The molecule has 2 aromatic rings. The van der Waals surface area contributed by atoms with Crippen LogP contribution in [0.15, 0.2) is 36.4 Å². The van der Waals surface area contributed by atoms with E-state index in [9.17, 15) is 0 Å². The summed E-state index contributed by atoms with van der Waals surface area (Å²) in [6.45, 7) is 2.61. The molecule has 2 nitrogen and oxygen atoms in total. The van der Waals surface area contributed by atoms with E-state index >= 15 is 0 Å². The molecule has 0 saturated heterocycles. The molecule has 0 heterocycles. The van der Waals surface area contributed by atoms with E-state index in [1.807, 2.05) is 24.3 Å². The van der Waals surface area contributed by atoms with Crippen LogP contribution in [0.3, 0.4) is 0 Å². The van der Waals surface area contributed by atoms with Gasteiger partial charge >= 0.3 is 0 Å². The predicted octanol–water partition coefficient (Wildman–Crippen LogP) is 5.51. The average Bonchev–Trinajstić information content (AvgIpc) is 2.51. The molecule has 0 aliphatic rings. The Hall–Kier alpha value is -0.930. The van der Waals surface area contributed by atoms with Crippen LogP contribution in [0.4, 0.5) is 0 Å². The summed E-state index contributed by atoms with van der Waals surface area (Å²) < 4.78 is 5.23. The van der Waals surface area contributed by atoms with Crippen molar-refractivity contribution < 1.29 is 4.74 Å². The van der Waals surface area contributed by atoms with Gasteiger partial charge in [-0.2, -0.15) is 0 Å². The van der Waals surface area contributed by atoms with Crippen LogP contribution in [0.1, 0.15) is 24.1 Å². The minimum absolute atomic E-state index is 0.131. The van der Waals surface area contributed by atoms with E-state index in [1.165, 1.54) is 0 Å². The van der Waals surface area contributed by atoms with Gasteiger partial charge in [0.05, 0.1) is 17.2 Å². The van der Waals surface area contributed by atoms with Crippen LogP contribution in [-0.4, -0.2) is 7.11 Å². The molecule has 1 N–H and O–H groups in total. The predicted molar refractivity (Wildman–Crippen MR) is 89.7 cm³/mol. The van der Waals surface area contributed by atoms with Crippen LogP contribution >= 0.6 is 34.8 Å². The number of methoxy groups -OCH3 is 1. The number of rotatable bonds is 5. The molecule has 5 heteroatoms. The zero-order chi connectivity index (χ0) is 15.4. The Bertz CT molecular complexity index is 631. The lowest BCUT2D eigenvalue weighted by Crippen LogP contribution is -2.18. The molecule has 2 aromatic carbocycles. The zero-order valence-electron chi connectivity index (χ0n) is 11.8. The number of benzene rings is 2. The maximum atomic E-state index is 6.20. The lowest BCUT2D eigenvalue weighted by molar-refractivity contribution is 0.413. The Morgan fingerprint density at radius 1 is 1.10 bits per heavy atom. The van der Waals surface area contributed by atoms with Gasteiger partial charge in [-0.1, -0.05) is 46.9 Å². The number of hydrogen-bond acceptors (Lipinski definition) is 2. The fourth-order valence-corrected chi connectivity index (χ4v) is 2.70. The second kappa shape index (κ2) is 7.37. The highest BCUT2D eigenvalue weighted by atomic mass is 35.5. The van der Waals surface area contributed by atoms with Crippen LogP contribution in [-0.2, 0) is 6.54 Å². The molecular formula is C16H16Cl3NO. The van der Waals surface area contributed by atoms with E-state index in [-0.39, 0.29) is 6.04 Å². The summed E-state index contributed by atoms with van der Waals surface area (Å²) in [5, 5.41) is 5.00. The van der Waals surface area contributed by atoms with Crippen LogP contribution in [0.25, 0.3) is 0 Å². The van der Waals surface area contributed by atoms with Gasteiger partial charge in [0.1, 0.15) is 5.75 Å². The Balaban J connectivity index is 2.11. The van der Waals surface area contributed by atoms with Gasteiger partial charge in [-0.15, -0.1) is 0 Å². The summed E-state index contributed by atoms with van der Waals surface area (Å²) >= 11 is 18.4. The van der Waals surface area contributed by atoms with Crippen LogP contribution in [0, 0.1) is 0 Å². The van der Waals surface area contributed by atoms with Crippen LogP contribution in [0.2, 0.25) is 15.1 Å². The monoisotopic (exact) mass is 343 g/mol. The van der Waals surface area contributed by atoms with E-state index in [0.717, 1.165) is 16.9 Å². The molecule has 0 fully saturated rings. The molecule has 0 radical (unpaired) electrons. The zero-order valence-corrected chi connectivity index (χ0v) is 14.1. The number of nitrogens with one attached hydrogen (secondary N) is 1. The molecule has 0 aromatic heterocycles. The first-order chi connectivity index (χ1) is 10.0. The van der Waals surface area contributed by atoms with Crippen molar-refractivity contribution in [3.8, 4) is 5.75 Å². The van der Waals surface area contributed by atoms with E-state index < -0.39 is 0 Å². The average molecular weight is 345 g/mol. The van der Waals surface area contributed by atoms with Crippen molar-refractivity contribution in [3.05, 3.63) is 62.6 Å². The Labute approximate surface area is 140 Å². The molecule has 0 aliphatic heterocycles. The molecule has 0 bridgehead atoms. The molecule has 21 heavy (non-hydrogen) atoms. The largest absolute Gasteiger partial charge is 0.497 e. The minimum atomic E-state index is 0.131. The maximum absolute atomic E-state index is 6.20. The minimum Gasteiger partial charge on any atom is -0.497 e. The second-order valence-electron chi connectivity index (χ2n) is 4.70. The third-order valence-electron chi connectivity index (χ3n) is 3.32. The Kier molecular flexibility index (Phi) is 5.77. The number of ether oxygens (including phenoxy) is 1. The summed E-state index contributed by atoms with van der Waals surface area (Å²) in [6, 6.07) is 11.5. The highest BCUT2D eigenvalue weighted by Gasteiger charge is 2.12. The summed E-state index contributed by atoms with van der Waals surface area (Å²) in [5.74, 6) is 0.833. The van der Waals surface area contributed by atoms with E-state index in [0.29, 0.717) is 21.6 Å². The van der Waals surface area contributed by atoms with Crippen molar-refractivity contribution in [2.24, 2.45) is 0 Å². The van der Waals surface area contributed by atoms with Gasteiger partial charge in [0.25, 0.3) is 0 Å². The van der Waals surface area contributed by atoms with E-state index in [2.05, 4.69) is 12.2 Å². The first-order valence-corrected chi connectivity index (χ1v) is 7.66. The van der Waals surface area contributed by atoms with E-state index in [4.69, 9.17) is 39.5 Å². The van der Waals surface area contributed by atoms with E-state index in [1.54, 1.807) is 19.2 Å². The first-order valence-electron chi connectivity index (χ1n) is 6.52. The van der Waals surface area contributed by atoms with Crippen LogP contribution < -0.4 is 10.1 Å². The molecule has 1 atom stereocenters. The summed E-state index contributed by atoms with van der Waals surface area (Å²) in [6.07, 6.45) is 0. The fraction of sp³-hybridized carbons (Fsp3) is 0.250. The van der Waals surface area contributed by atoms with Crippen molar-refractivity contribution in [3.63, 3.8) is 0 Å². The lowest BCUT2D eigenvalue weighted by atomic mass is 10.1. The van der Waals surface area contributed by atoms with Gasteiger partial charge in [-0.25, -0.2) is 0 Å². The summed E-state index contributed by atoms with van der Waals surface area (Å²) in [4.78, 5) is 0. The fourth-order valence-electron chi connectivity index (χ4n) is 2.01. The molecule has 2 rings (SSSR count). The van der Waals surface area contributed by atoms with Crippen molar-refractivity contribution in [1.82, 2.24) is 5.32 Å². The lowest BCUT2D eigenvalue weighted by Gasteiger charge is -2.17.